The Morgan fingerprint density at radius 3 is 2.59 bits per heavy atom. The highest BCUT2D eigenvalue weighted by molar-refractivity contribution is 5.79. The molecule has 0 aliphatic carbocycles. The fourth-order valence-electron chi connectivity index (χ4n) is 3.55. The smallest absolute Gasteiger partial charge is 0.332 e. The zero-order valence-electron chi connectivity index (χ0n) is 15.1. The minimum Gasteiger partial charge on any atom is -0.341 e. The standard InChI is InChI=1S/C16H20N8O3/c1-20-14-13(15(26)21(2)16(20)27)23(10-17-14)9-12(25)22-6-3-11(4-7-22)24-8-5-18-19-24/h5,8,10-11H,3-4,6-7,9H2,1-2H3. The van der Waals surface area contributed by atoms with E-state index in [1.54, 1.807) is 18.1 Å². The molecule has 1 fully saturated rings. The van der Waals surface area contributed by atoms with E-state index in [0.29, 0.717) is 13.1 Å². The molecular weight excluding hydrogens is 352 g/mol. The average Bonchev–Trinajstić information content (AvgIpc) is 3.35. The summed E-state index contributed by atoms with van der Waals surface area (Å²) in [7, 11) is 2.97. The Morgan fingerprint density at radius 2 is 1.93 bits per heavy atom. The summed E-state index contributed by atoms with van der Waals surface area (Å²) in [5.41, 5.74) is -0.367. The molecule has 0 radical (unpaired) electrons. The predicted molar refractivity (Wildman–Crippen MR) is 95.1 cm³/mol. The number of aromatic nitrogens is 7. The lowest BCUT2D eigenvalue weighted by Crippen LogP contribution is -2.41. The average molecular weight is 372 g/mol. The second-order valence-electron chi connectivity index (χ2n) is 6.75. The highest BCUT2D eigenvalue weighted by Gasteiger charge is 2.25. The van der Waals surface area contributed by atoms with E-state index in [-0.39, 0.29) is 29.7 Å². The van der Waals surface area contributed by atoms with Crippen LogP contribution in [-0.2, 0) is 25.4 Å². The van der Waals surface area contributed by atoms with Crippen molar-refractivity contribution in [2.45, 2.75) is 25.4 Å². The molecule has 4 heterocycles. The normalized spacial score (nSPS) is 15.6. The molecular formula is C16H20N8O3. The van der Waals surface area contributed by atoms with Gasteiger partial charge < -0.3 is 9.47 Å². The van der Waals surface area contributed by atoms with Crippen LogP contribution in [0.1, 0.15) is 18.9 Å². The number of likely N-dealkylation sites (tertiary alicyclic amines) is 1. The summed E-state index contributed by atoms with van der Waals surface area (Å²) >= 11 is 0. The maximum atomic E-state index is 12.7. The van der Waals surface area contributed by atoms with Gasteiger partial charge >= 0.3 is 5.69 Å². The van der Waals surface area contributed by atoms with Crippen molar-refractivity contribution in [3.8, 4) is 0 Å². The van der Waals surface area contributed by atoms with E-state index in [1.165, 1.54) is 22.5 Å². The van der Waals surface area contributed by atoms with Crippen molar-refractivity contribution in [1.82, 2.24) is 38.6 Å². The Morgan fingerprint density at radius 1 is 1.19 bits per heavy atom. The molecule has 0 spiro atoms. The first-order chi connectivity index (χ1) is 13.0. The Kier molecular flexibility index (Phi) is 4.13. The number of nitrogens with zero attached hydrogens (tertiary/aromatic N) is 8. The van der Waals surface area contributed by atoms with Gasteiger partial charge in [0.15, 0.2) is 11.2 Å². The van der Waals surface area contributed by atoms with Gasteiger partial charge in [-0.2, -0.15) is 0 Å². The Bertz CT molecular complexity index is 1100. The summed E-state index contributed by atoms with van der Waals surface area (Å²) in [5.74, 6) is -0.0813. The van der Waals surface area contributed by atoms with Gasteiger partial charge in [0.25, 0.3) is 5.56 Å². The molecule has 1 aliphatic heterocycles. The van der Waals surface area contributed by atoms with Gasteiger partial charge in [0.1, 0.15) is 6.54 Å². The van der Waals surface area contributed by atoms with Gasteiger partial charge in [-0.05, 0) is 12.8 Å². The van der Waals surface area contributed by atoms with E-state index < -0.39 is 11.2 Å². The number of aryl methyl sites for hydroxylation is 1. The summed E-state index contributed by atoms with van der Waals surface area (Å²) in [5, 5.41) is 7.85. The number of hydrogen-bond donors (Lipinski definition) is 0. The van der Waals surface area contributed by atoms with Crippen LogP contribution in [0.2, 0.25) is 0 Å². The molecule has 1 saturated heterocycles. The third-order valence-corrected chi connectivity index (χ3v) is 5.16. The molecule has 27 heavy (non-hydrogen) atoms. The van der Waals surface area contributed by atoms with Crippen LogP contribution in [0.4, 0.5) is 0 Å². The van der Waals surface area contributed by atoms with Crippen LogP contribution < -0.4 is 11.2 Å². The predicted octanol–water partition coefficient (Wildman–Crippen LogP) is -1.11. The molecule has 4 rings (SSSR count). The fraction of sp³-hybridized carbons (Fsp3) is 0.500. The van der Waals surface area contributed by atoms with Crippen molar-refractivity contribution in [3.05, 3.63) is 39.6 Å². The third-order valence-electron chi connectivity index (χ3n) is 5.16. The van der Waals surface area contributed by atoms with Crippen LogP contribution >= 0.6 is 0 Å². The van der Waals surface area contributed by atoms with Crippen LogP contribution in [0.15, 0.2) is 28.3 Å². The zero-order valence-corrected chi connectivity index (χ0v) is 15.1. The third kappa shape index (κ3) is 2.84. The Balaban J connectivity index is 1.53. The SMILES string of the molecule is Cn1c(=O)c2c(ncn2CC(=O)N2CCC(n3ccnn3)CC2)n(C)c1=O. The lowest BCUT2D eigenvalue weighted by molar-refractivity contribution is -0.133. The molecule has 11 heteroatoms. The van der Waals surface area contributed by atoms with Crippen molar-refractivity contribution in [2.24, 2.45) is 14.1 Å². The number of amides is 1. The number of carbonyl (C=O) groups excluding carboxylic acids is 1. The second-order valence-corrected chi connectivity index (χ2v) is 6.75. The number of piperidine rings is 1. The minimum atomic E-state index is -0.455. The lowest BCUT2D eigenvalue weighted by Gasteiger charge is -2.32. The zero-order chi connectivity index (χ0) is 19.1. The summed E-state index contributed by atoms with van der Waals surface area (Å²) < 4.78 is 5.67. The van der Waals surface area contributed by atoms with Crippen LogP contribution in [0.5, 0.6) is 0 Å². The summed E-state index contributed by atoms with van der Waals surface area (Å²) in [6, 6.07) is 0.243. The largest absolute Gasteiger partial charge is 0.341 e. The number of fused-ring (bicyclic) bond motifs is 1. The molecule has 0 N–H and O–H groups in total. The van der Waals surface area contributed by atoms with E-state index in [9.17, 15) is 14.4 Å². The number of rotatable bonds is 3. The van der Waals surface area contributed by atoms with Gasteiger partial charge in [-0.25, -0.2) is 14.5 Å². The maximum absolute atomic E-state index is 12.7. The molecule has 0 saturated carbocycles. The topological polar surface area (TPSA) is 113 Å². The van der Waals surface area contributed by atoms with Gasteiger partial charge in [0.2, 0.25) is 5.91 Å². The molecule has 0 bridgehead atoms. The Hall–Kier alpha value is -3.24. The van der Waals surface area contributed by atoms with Crippen LogP contribution in [-0.4, -0.2) is 57.6 Å². The molecule has 1 aliphatic rings. The van der Waals surface area contributed by atoms with Crippen molar-refractivity contribution in [1.29, 1.82) is 0 Å². The minimum absolute atomic E-state index is 0.0118. The molecule has 1 amide bonds. The van der Waals surface area contributed by atoms with Crippen LogP contribution in [0.25, 0.3) is 11.2 Å². The molecule has 0 atom stereocenters. The lowest BCUT2D eigenvalue weighted by atomic mass is 10.1. The number of imidazole rings is 1. The molecule has 3 aromatic rings. The molecule has 3 aromatic heterocycles. The van der Waals surface area contributed by atoms with Gasteiger partial charge in [-0.1, -0.05) is 5.21 Å². The van der Waals surface area contributed by atoms with Gasteiger partial charge in [-0.15, -0.1) is 5.10 Å². The van der Waals surface area contributed by atoms with Gasteiger partial charge in [-0.3, -0.25) is 18.7 Å². The summed E-state index contributed by atoms with van der Waals surface area (Å²) in [6.45, 7) is 1.25. The monoisotopic (exact) mass is 372 g/mol. The van der Waals surface area contributed by atoms with E-state index in [1.807, 2.05) is 10.9 Å². The first-order valence-corrected chi connectivity index (χ1v) is 8.72. The Labute approximate surface area is 153 Å². The summed E-state index contributed by atoms with van der Waals surface area (Å²) in [4.78, 5) is 43.1. The van der Waals surface area contributed by atoms with E-state index >= 15 is 0 Å². The van der Waals surface area contributed by atoms with Crippen LogP contribution in [0, 0.1) is 0 Å². The molecule has 0 unspecified atom stereocenters. The van der Waals surface area contributed by atoms with Gasteiger partial charge in [0.05, 0.1) is 18.6 Å². The van der Waals surface area contributed by atoms with Crippen LogP contribution in [0.3, 0.4) is 0 Å². The van der Waals surface area contributed by atoms with Crippen molar-refractivity contribution < 1.29 is 4.79 Å². The van der Waals surface area contributed by atoms with Crippen molar-refractivity contribution in [3.63, 3.8) is 0 Å². The quantitative estimate of drug-likeness (QED) is 0.576. The maximum Gasteiger partial charge on any atom is 0.332 e. The van der Waals surface area contributed by atoms with E-state index in [2.05, 4.69) is 15.3 Å². The van der Waals surface area contributed by atoms with E-state index in [0.717, 1.165) is 17.4 Å². The number of carbonyl (C=O) groups is 1. The first-order valence-electron chi connectivity index (χ1n) is 8.72. The highest BCUT2D eigenvalue weighted by Crippen LogP contribution is 2.21. The highest BCUT2D eigenvalue weighted by atomic mass is 16.2. The summed E-state index contributed by atoms with van der Waals surface area (Å²) in [6.07, 6.45) is 6.52. The first kappa shape index (κ1) is 17.2. The van der Waals surface area contributed by atoms with E-state index in [4.69, 9.17) is 0 Å². The van der Waals surface area contributed by atoms with Crippen molar-refractivity contribution >= 4 is 17.1 Å². The fourth-order valence-corrected chi connectivity index (χ4v) is 3.55. The molecule has 0 aromatic carbocycles. The van der Waals surface area contributed by atoms with Crippen molar-refractivity contribution in [2.75, 3.05) is 13.1 Å². The second kappa shape index (κ2) is 6.49. The molecule has 142 valence electrons. The molecule has 11 nitrogen and oxygen atoms in total. The number of hydrogen-bond acceptors (Lipinski definition) is 6. The van der Waals surface area contributed by atoms with Gasteiger partial charge in [0, 0.05) is 33.4 Å².